The zero-order valence-electron chi connectivity index (χ0n) is 15.6. The molecule has 1 aliphatic rings. The molecule has 0 spiro atoms. The van der Waals surface area contributed by atoms with Crippen molar-refractivity contribution in [3.05, 3.63) is 40.3 Å². The van der Waals surface area contributed by atoms with Gasteiger partial charge < -0.3 is 15.2 Å². The SMILES string of the molecule is Cc1ccc2[nH]c3c(=O)n(CC(=O)NCCCN4CCCC4)ncc3c2c1. The van der Waals surface area contributed by atoms with E-state index in [0.29, 0.717) is 12.1 Å². The van der Waals surface area contributed by atoms with Crippen molar-refractivity contribution in [2.24, 2.45) is 0 Å². The summed E-state index contributed by atoms with van der Waals surface area (Å²) in [7, 11) is 0. The van der Waals surface area contributed by atoms with E-state index in [1.54, 1.807) is 6.20 Å². The van der Waals surface area contributed by atoms with E-state index in [9.17, 15) is 9.59 Å². The summed E-state index contributed by atoms with van der Waals surface area (Å²) in [6.07, 6.45) is 5.14. The summed E-state index contributed by atoms with van der Waals surface area (Å²) < 4.78 is 1.22. The van der Waals surface area contributed by atoms with Gasteiger partial charge in [-0.3, -0.25) is 9.59 Å². The van der Waals surface area contributed by atoms with Crippen LogP contribution in [0.5, 0.6) is 0 Å². The Kier molecular flexibility index (Phi) is 4.94. The maximum atomic E-state index is 12.7. The molecule has 0 aliphatic carbocycles. The molecule has 1 saturated heterocycles. The lowest BCUT2D eigenvalue weighted by Gasteiger charge is -2.14. The van der Waals surface area contributed by atoms with Gasteiger partial charge in [0.25, 0.3) is 5.56 Å². The third-order valence-corrected chi connectivity index (χ3v) is 5.23. The van der Waals surface area contributed by atoms with Crippen molar-refractivity contribution in [3.8, 4) is 0 Å². The Bertz CT molecular complexity index is 1030. The first kappa shape index (κ1) is 17.7. The number of likely N-dealkylation sites (tertiary alicyclic amines) is 1. The molecule has 0 atom stereocenters. The number of nitrogens with one attached hydrogen (secondary N) is 2. The first-order chi connectivity index (χ1) is 13.1. The zero-order valence-corrected chi connectivity index (χ0v) is 15.6. The van der Waals surface area contributed by atoms with E-state index in [2.05, 4.69) is 20.3 Å². The number of fused-ring (bicyclic) bond motifs is 3. The second-order valence-corrected chi connectivity index (χ2v) is 7.32. The van der Waals surface area contributed by atoms with Gasteiger partial charge in [-0.2, -0.15) is 5.10 Å². The third-order valence-electron chi connectivity index (χ3n) is 5.23. The van der Waals surface area contributed by atoms with Crippen molar-refractivity contribution in [3.63, 3.8) is 0 Å². The molecule has 1 fully saturated rings. The predicted octanol–water partition coefficient (Wildman–Crippen LogP) is 1.79. The molecule has 2 N–H and O–H groups in total. The summed E-state index contributed by atoms with van der Waals surface area (Å²) in [6.45, 7) is 5.92. The first-order valence-corrected chi connectivity index (χ1v) is 9.59. The Morgan fingerprint density at radius 3 is 2.89 bits per heavy atom. The van der Waals surface area contributed by atoms with Gasteiger partial charge in [-0.15, -0.1) is 0 Å². The van der Waals surface area contributed by atoms with Crippen molar-refractivity contribution >= 4 is 27.7 Å². The molecule has 2 aromatic heterocycles. The zero-order chi connectivity index (χ0) is 18.8. The largest absolute Gasteiger partial charge is 0.354 e. The fourth-order valence-corrected chi connectivity index (χ4v) is 3.78. The van der Waals surface area contributed by atoms with Crippen LogP contribution in [0.15, 0.2) is 29.2 Å². The Morgan fingerprint density at radius 1 is 1.26 bits per heavy atom. The number of aromatic nitrogens is 3. The number of hydrogen-bond donors (Lipinski definition) is 2. The molecule has 1 aromatic carbocycles. The topological polar surface area (TPSA) is 83.0 Å². The van der Waals surface area contributed by atoms with Crippen LogP contribution in [0.25, 0.3) is 21.8 Å². The molecule has 1 aliphatic heterocycles. The van der Waals surface area contributed by atoms with Crippen LogP contribution >= 0.6 is 0 Å². The minimum Gasteiger partial charge on any atom is -0.354 e. The van der Waals surface area contributed by atoms with Crippen molar-refractivity contribution in [1.29, 1.82) is 0 Å². The first-order valence-electron chi connectivity index (χ1n) is 9.59. The molecule has 0 unspecified atom stereocenters. The van der Waals surface area contributed by atoms with Crippen molar-refractivity contribution in [1.82, 2.24) is 25.0 Å². The summed E-state index contributed by atoms with van der Waals surface area (Å²) in [4.78, 5) is 30.5. The lowest BCUT2D eigenvalue weighted by Crippen LogP contribution is -2.35. The fourth-order valence-electron chi connectivity index (χ4n) is 3.78. The van der Waals surface area contributed by atoms with E-state index in [0.717, 1.165) is 47.9 Å². The van der Waals surface area contributed by atoms with Crippen LogP contribution in [-0.2, 0) is 11.3 Å². The molecule has 3 aromatic rings. The number of carbonyl (C=O) groups is 1. The molecule has 3 heterocycles. The molecule has 0 saturated carbocycles. The summed E-state index contributed by atoms with van der Waals surface area (Å²) in [5.74, 6) is -0.183. The summed E-state index contributed by atoms with van der Waals surface area (Å²) >= 11 is 0. The number of nitrogens with zero attached hydrogens (tertiary/aromatic N) is 3. The van der Waals surface area contributed by atoms with Gasteiger partial charge in [-0.1, -0.05) is 11.6 Å². The summed E-state index contributed by atoms with van der Waals surface area (Å²) in [5, 5.41) is 8.87. The quantitative estimate of drug-likeness (QED) is 0.651. The standard InChI is InChI=1S/C20H25N5O2/c1-14-5-6-17-15(11-14)16-12-22-25(20(27)19(16)23-17)13-18(26)21-7-4-10-24-8-2-3-9-24/h5-6,11-12,23H,2-4,7-10,13H2,1H3,(H,21,26). The lowest BCUT2D eigenvalue weighted by atomic mass is 10.1. The number of aromatic amines is 1. The van der Waals surface area contributed by atoms with Crippen molar-refractivity contribution in [2.45, 2.75) is 32.7 Å². The summed E-state index contributed by atoms with van der Waals surface area (Å²) in [6, 6.07) is 5.99. The van der Waals surface area contributed by atoms with Gasteiger partial charge in [-0.05, 0) is 58.0 Å². The van der Waals surface area contributed by atoms with Crippen LogP contribution in [0.4, 0.5) is 0 Å². The number of amides is 1. The Labute approximate surface area is 157 Å². The molecule has 142 valence electrons. The van der Waals surface area contributed by atoms with Crippen LogP contribution in [-0.4, -0.2) is 51.8 Å². The minimum atomic E-state index is -0.270. The Balaban J connectivity index is 1.42. The van der Waals surface area contributed by atoms with Gasteiger partial charge >= 0.3 is 0 Å². The maximum absolute atomic E-state index is 12.7. The monoisotopic (exact) mass is 367 g/mol. The number of H-pyrrole nitrogens is 1. The Hall–Kier alpha value is -2.67. The van der Waals surface area contributed by atoms with E-state index in [1.807, 2.05) is 25.1 Å². The molecule has 0 radical (unpaired) electrons. The molecule has 7 nitrogen and oxygen atoms in total. The molecule has 7 heteroatoms. The second-order valence-electron chi connectivity index (χ2n) is 7.32. The van der Waals surface area contributed by atoms with E-state index < -0.39 is 0 Å². The van der Waals surface area contributed by atoms with Crippen LogP contribution in [0.2, 0.25) is 0 Å². The van der Waals surface area contributed by atoms with Gasteiger partial charge in [-0.25, -0.2) is 4.68 Å². The molecule has 1 amide bonds. The van der Waals surface area contributed by atoms with E-state index in [-0.39, 0.29) is 18.0 Å². The van der Waals surface area contributed by atoms with Gasteiger partial charge in [0.15, 0.2) is 0 Å². The van der Waals surface area contributed by atoms with Gasteiger partial charge in [0.1, 0.15) is 12.1 Å². The molecular formula is C20H25N5O2. The lowest BCUT2D eigenvalue weighted by molar-refractivity contribution is -0.121. The van der Waals surface area contributed by atoms with E-state index >= 15 is 0 Å². The Morgan fingerprint density at radius 2 is 2.07 bits per heavy atom. The number of aryl methyl sites for hydroxylation is 1. The number of benzene rings is 1. The van der Waals surface area contributed by atoms with Crippen molar-refractivity contribution < 1.29 is 4.79 Å². The predicted molar refractivity (Wildman–Crippen MR) is 106 cm³/mol. The van der Waals surface area contributed by atoms with E-state index in [4.69, 9.17) is 0 Å². The molecular weight excluding hydrogens is 342 g/mol. The van der Waals surface area contributed by atoms with Crippen LogP contribution in [0, 0.1) is 6.92 Å². The van der Waals surface area contributed by atoms with Crippen LogP contribution in [0.3, 0.4) is 0 Å². The highest BCUT2D eigenvalue weighted by atomic mass is 16.2. The fraction of sp³-hybridized carbons (Fsp3) is 0.450. The second kappa shape index (κ2) is 7.52. The molecule has 27 heavy (non-hydrogen) atoms. The van der Waals surface area contributed by atoms with Gasteiger partial charge in [0.05, 0.1) is 6.20 Å². The highest BCUT2D eigenvalue weighted by molar-refractivity contribution is 6.06. The van der Waals surface area contributed by atoms with Gasteiger partial charge in [0, 0.05) is 22.8 Å². The molecule has 0 bridgehead atoms. The van der Waals surface area contributed by atoms with Crippen LogP contribution < -0.4 is 10.9 Å². The van der Waals surface area contributed by atoms with Crippen molar-refractivity contribution in [2.75, 3.05) is 26.2 Å². The number of hydrogen-bond acceptors (Lipinski definition) is 4. The normalized spacial score (nSPS) is 15.0. The van der Waals surface area contributed by atoms with E-state index in [1.165, 1.54) is 17.5 Å². The third kappa shape index (κ3) is 3.73. The maximum Gasteiger partial charge on any atom is 0.291 e. The molecule has 4 rings (SSSR count). The number of carbonyl (C=O) groups excluding carboxylic acids is 1. The minimum absolute atomic E-state index is 0.0626. The number of rotatable bonds is 6. The van der Waals surface area contributed by atoms with Gasteiger partial charge in [0.2, 0.25) is 5.91 Å². The average Bonchev–Trinajstić information content (AvgIpc) is 3.29. The average molecular weight is 367 g/mol. The highest BCUT2D eigenvalue weighted by Crippen LogP contribution is 2.23. The van der Waals surface area contributed by atoms with Crippen LogP contribution in [0.1, 0.15) is 24.8 Å². The summed E-state index contributed by atoms with van der Waals surface area (Å²) in [5.41, 5.74) is 2.25. The smallest absolute Gasteiger partial charge is 0.291 e. The highest BCUT2D eigenvalue weighted by Gasteiger charge is 2.13.